The normalized spacial score (nSPS) is 10.0. The highest BCUT2D eigenvalue weighted by molar-refractivity contribution is 5.83. The molecule has 2 heterocycles. The van der Waals surface area contributed by atoms with Gasteiger partial charge in [-0.15, -0.1) is 0 Å². The summed E-state index contributed by atoms with van der Waals surface area (Å²) in [6.07, 6.45) is 4.96. The fourth-order valence-electron chi connectivity index (χ4n) is 2.59. The van der Waals surface area contributed by atoms with Crippen molar-refractivity contribution < 1.29 is 4.79 Å². The molecular formula is C21H20N4O. The highest BCUT2D eigenvalue weighted by Crippen LogP contribution is 2.18. The molecule has 5 heteroatoms. The second kappa shape index (κ2) is 8.58. The number of rotatable bonds is 4. The molecular weight excluding hydrogens is 324 g/mol. The molecule has 0 aliphatic heterocycles. The largest absolute Gasteiger partial charge is 0.372 e. The molecule has 0 saturated heterocycles. The van der Waals surface area contributed by atoms with Gasteiger partial charge >= 0.3 is 0 Å². The van der Waals surface area contributed by atoms with Crippen LogP contribution >= 0.6 is 0 Å². The number of nitrogens with zero attached hydrogens (tertiary/aromatic N) is 2. The molecule has 0 amide bonds. The van der Waals surface area contributed by atoms with Crippen molar-refractivity contribution >= 4 is 22.9 Å². The Labute approximate surface area is 152 Å². The standard InChI is InChI=1S/C12H10O.C9H10N4/c13-8-7-10-5-6-11-3-1-2-4-12(11)9-10;1-10-9-6-8(12-13-9)7-2-4-11-5-3-7/h1-6,8-9H,7H2;2-6H,1H3,(H2,10,12,13). The first-order chi connectivity index (χ1) is 12.8. The summed E-state index contributed by atoms with van der Waals surface area (Å²) in [6, 6.07) is 20.1. The number of aromatic nitrogens is 3. The van der Waals surface area contributed by atoms with Crippen molar-refractivity contribution in [2.75, 3.05) is 12.4 Å². The third-order valence-corrected chi connectivity index (χ3v) is 3.96. The molecule has 2 aromatic heterocycles. The van der Waals surface area contributed by atoms with Crippen LogP contribution in [0, 0.1) is 0 Å². The van der Waals surface area contributed by atoms with Crippen LogP contribution < -0.4 is 5.32 Å². The Kier molecular flexibility index (Phi) is 5.72. The molecule has 0 atom stereocenters. The molecule has 26 heavy (non-hydrogen) atoms. The Bertz CT molecular complexity index is 979. The summed E-state index contributed by atoms with van der Waals surface area (Å²) in [5.74, 6) is 0.840. The van der Waals surface area contributed by atoms with Crippen LogP contribution in [0.5, 0.6) is 0 Å². The number of carbonyl (C=O) groups is 1. The summed E-state index contributed by atoms with van der Waals surface area (Å²) in [6.45, 7) is 0. The summed E-state index contributed by atoms with van der Waals surface area (Å²) in [5, 5.41) is 12.4. The van der Waals surface area contributed by atoms with Crippen LogP contribution in [0.15, 0.2) is 73.1 Å². The van der Waals surface area contributed by atoms with E-state index in [1.165, 1.54) is 10.8 Å². The Morgan fingerprint density at radius 2 is 1.77 bits per heavy atom. The van der Waals surface area contributed by atoms with E-state index in [0.717, 1.165) is 28.9 Å². The van der Waals surface area contributed by atoms with Crippen molar-refractivity contribution in [1.29, 1.82) is 0 Å². The minimum Gasteiger partial charge on any atom is -0.372 e. The Morgan fingerprint density at radius 1 is 1.00 bits per heavy atom. The topological polar surface area (TPSA) is 70.7 Å². The summed E-state index contributed by atoms with van der Waals surface area (Å²) in [4.78, 5) is 14.3. The molecule has 0 aliphatic rings. The van der Waals surface area contributed by atoms with E-state index < -0.39 is 0 Å². The van der Waals surface area contributed by atoms with Gasteiger partial charge in [-0.3, -0.25) is 10.1 Å². The van der Waals surface area contributed by atoms with Gasteiger partial charge in [0.25, 0.3) is 0 Å². The van der Waals surface area contributed by atoms with E-state index in [4.69, 9.17) is 0 Å². The maximum Gasteiger partial charge on any atom is 0.148 e. The van der Waals surface area contributed by atoms with Gasteiger partial charge in [0.15, 0.2) is 0 Å². The number of benzene rings is 2. The van der Waals surface area contributed by atoms with Gasteiger partial charge in [0.2, 0.25) is 0 Å². The molecule has 0 radical (unpaired) electrons. The van der Waals surface area contributed by atoms with E-state index in [-0.39, 0.29) is 0 Å². The SMILES string of the molecule is CNc1cc(-c2ccncc2)[nH]n1.O=CCc1ccc2ccccc2c1. The van der Waals surface area contributed by atoms with Crippen molar-refractivity contribution in [2.45, 2.75) is 6.42 Å². The van der Waals surface area contributed by atoms with E-state index in [1.54, 1.807) is 12.4 Å². The number of fused-ring (bicyclic) bond motifs is 1. The number of aromatic amines is 1. The van der Waals surface area contributed by atoms with E-state index in [2.05, 4.69) is 38.7 Å². The van der Waals surface area contributed by atoms with Gasteiger partial charge in [-0.1, -0.05) is 42.5 Å². The van der Waals surface area contributed by atoms with E-state index >= 15 is 0 Å². The van der Waals surface area contributed by atoms with Gasteiger partial charge in [0.05, 0.1) is 5.69 Å². The third kappa shape index (κ3) is 4.33. The maximum atomic E-state index is 10.3. The lowest BCUT2D eigenvalue weighted by Crippen LogP contribution is -1.85. The van der Waals surface area contributed by atoms with Crippen LogP contribution in [-0.4, -0.2) is 28.5 Å². The molecule has 4 aromatic rings. The van der Waals surface area contributed by atoms with E-state index in [9.17, 15) is 4.79 Å². The molecule has 0 unspecified atom stereocenters. The third-order valence-electron chi connectivity index (χ3n) is 3.96. The van der Waals surface area contributed by atoms with Gasteiger partial charge in [0, 0.05) is 37.5 Å². The first-order valence-corrected chi connectivity index (χ1v) is 8.35. The van der Waals surface area contributed by atoms with Crippen molar-refractivity contribution in [2.24, 2.45) is 0 Å². The first-order valence-electron chi connectivity index (χ1n) is 8.35. The van der Waals surface area contributed by atoms with Crippen molar-refractivity contribution in [3.8, 4) is 11.3 Å². The lowest BCUT2D eigenvalue weighted by molar-refractivity contribution is -0.107. The van der Waals surface area contributed by atoms with Crippen molar-refractivity contribution in [3.05, 3.63) is 78.6 Å². The molecule has 2 aromatic carbocycles. The molecule has 5 nitrogen and oxygen atoms in total. The summed E-state index contributed by atoms with van der Waals surface area (Å²) in [5.41, 5.74) is 3.16. The number of carbonyl (C=O) groups excluding carboxylic acids is 1. The summed E-state index contributed by atoms with van der Waals surface area (Å²) >= 11 is 0. The smallest absolute Gasteiger partial charge is 0.148 e. The van der Waals surface area contributed by atoms with Crippen LogP contribution in [-0.2, 0) is 11.2 Å². The minimum atomic E-state index is 0.505. The number of nitrogens with one attached hydrogen (secondary N) is 2. The van der Waals surface area contributed by atoms with Gasteiger partial charge in [-0.2, -0.15) is 5.10 Å². The van der Waals surface area contributed by atoms with Crippen LogP contribution in [0.1, 0.15) is 5.56 Å². The number of anilines is 1. The second-order valence-electron chi connectivity index (χ2n) is 5.71. The highest BCUT2D eigenvalue weighted by Gasteiger charge is 2.00. The van der Waals surface area contributed by atoms with Crippen LogP contribution in [0.2, 0.25) is 0 Å². The number of hydrogen-bond donors (Lipinski definition) is 2. The van der Waals surface area contributed by atoms with Crippen LogP contribution in [0.25, 0.3) is 22.0 Å². The maximum absolute atomic E-state index is 10.3. The predicted molar refractivity (Wildman–Crippen MR) is 105 cm³/mol. The molecule has 0 saturated carbocycles. The highest BCUT2D eigenvalue weighted by atomic mass is 16.1. The number of hydrogen-bond acceptors (Lipinski definition) is 4. The zero-order chi connectivity index (χ0) is 18.2. The lowest BCUT2D eigenvalue weighted by atomic mass is 10.1. The Hall–Kier alpha value is -3.47. The number of aldehydes is 1. The molecule has 0 spiro atoms. The first kappa shape index (κ1) is 17.4. The van der Waals surface area contributed by atoms with Crippen LogP contribution in [0.4, 0.5) is 5.82 Å². The molecule has 0 aliphatic carbocycles. The van der Waals surface area contributed by atoms with Crippen molar-refractivity contribution in [3.63, 3.8) is 0 Å². The van der Waals surface area contributed by atoms with Gasteiger partial charge in [-0.05, 0) is 28.5 Å². The van der Waals surface area contributed by atoms with Crippen LogP contribution in [0.3, 0.4) is 0 Å². The van der Waals surface area contributed by atoms with Gasteiger partial charge < -0.3 is 10.1 Å². The average Bonchev–Trinajstić information content (AvgIpc) is 3.19. The quantitative estimate of drug-likeness (QED) is 0.547. The van der Waals surface area contributed by atoms with E-state index in [1.807, 2.05) is 49.5 Å². The molecule has 0 fully saturated rings. The second-order valence-corrected chi connectivity index (χ2v) is 5.71. The van der Waals surface area contributed by atoms with Gasteiger partial charge in [0.1, 0.15) is 12.1 Å². The zero-order valence-electron chi connectivity index (χ0n) is 14.5. The average molecular weight is 344 g/mol. The number of pyridine rings is 1. The fraction of sp³-hybridized carbons (Fsp3) is 0.0952. The van der Waals surface area contributed by atoms with Gasteiger partial charge in [-0.25, -0.2) is 0 Å². The fourth-order valence-corrected chi connectivity index (χ4v) is 2.59. The summed E-state index contributed by atoms with van der Waals surface area (Å²) < 4.78 is 0. The van der Waals surface area contributed by atoms with E-state index in [0.29, 0.717) is 6.42 Å². The summed E-state index contributed by atoms with van der Waals surface area (Å²) in [7, 11) is 1.84. The molecule has 2 N–H and O–H groups in total. The zero-order valence-corrected chi connectivity index (χ0v) is 14.5. The Morgan fingerprint density at radius 3 is 2.46 bits per heavy atom. The van der Waals surface area contributed by atoms with Crippen molar-refractivity contribution in [1.82, 2.24) is 15.2 Å². The minimum absolute atomic E-state index is 0.505. The molecule has 130 valence electrons. The monoisotopic (exact) mass is 344 g/mol. The Balaban J connectivity index is 0.000000151. The number of H-pyrrole nitrogens is 1. The lowest BCUT2D eigenvalue weighted by Gasteiger charge is -1.99. The predicted octanol–water partition coefficient (Wildman–Crippen LogP) is 4.09. The molecule has 0 bridgehead atoms. The molecule has 4 rings (SSSR count).